The van der Waals surface area contributed by atoms with Crippen molar-refractivity contribution >= 4 is 39.5 Å². The SMILES string of the molecule is CS(=O)(=O)OCc1cc(NC(=O)N2CCC(=Cc3ccc(Cl)cc3F)CC2)ccn1. The number of carbonyl (C=O) groups is 1. The highest BCUT2D eigenvalue weighted by molar-refractivity contribution is 7.85. The van der Waals surface area contributed by atoms with E-state index in [1.54, 1.807) is 35.2 Å². The molecule has 0 bridgehead atoms. The van der Waals surface area contributed by atoms with Gasteiger partial charge in [-0.15, -0.1) is 0 Å². The average molecular weight is 454 g/mol. The fourth-order valence-corrected chi connectivity index (χ4v) is 3.48. The molecule has 0 spiro atoms. The number of amides is 2. The second-order valence-corrected chi connectivity index (χ2v) is 8.97. The molecule has 1 aliphatic heterocycles. The number of pyridine rings is 1. The maximum absolute atomic E-state index is 14.0. The first-order valence-corrected chi connectivity index (χ1v) is 11.4. The lowest BCUT2D eigenvalue weighted by Gasteiger charge is -2.28. The predicted molar refractivity (Wildman–Crippen MR) is 113 cm³/mol. The number of nitrogens with zero attached hydrogens (tertiary/aromatic N) is 2. The molecule has 1 aromatic carbocycles. The van der Waals surface area contributed by atoms with Crippen LogP contribution in [-0.4, -0.2) is 43.7 Å². The van der Waals surface area contributed by atoms with Crippen molar-refractivity contribution in [1.29, 1.82) is 0 Å². The Hall–Kier alpha value is -2.49. The normalized spacial score (nSPS) is 14.5. The lowest BCUT2D eigenvalue weighted by Crippen LogP contribution is -2.39. The van der Waals surface area contributed by atoms with E-state index in [-0.39, 0.29) is 18.5 Å². The highest BCUT2D eigenvalue weighted by Crippen LogP contribution is 2.23. The molecule has 1 fully saturated rings. The number of urea groups is 1. The quantitative estimate of drug-likeness (QED) is 0.689. The summed E-state index contributed by atoms with van der Waals surface area (Å²) in [7, 11) is -3.58. The molecule has 1 saturated heterocycles. The lowest BCUT2D eigenvalue weighted by molar-refractivity contribution is 0.207. The number of benzene rings is 1. The topological polar surface area (TPSA) is 88.6 Å². The minimum absolute atomic E-state index is 0.207. The summed E-state index contributed by atoms with van der Waals surface area (Å²) in [6, 6.07) is 7.46. The van der Waals surface area contributed by atoms with Crippen LogP contribution in [0.15, 0.2) is 42.1 Å². The number of carbonyl (C=O) groups excluding carboxylic acids is 1. The van der Waals surface area contributed by atoms with Crippen molar-refractivity contribution in [2.45, 2.75) is 19.4 Å². The Labute approximate surface area is 179 Å². The van der Waals surface area contributed by atoms with E-state index < -0.39 is 10.1 Å². The Bertz CT molecular complexity index is 1070. The Balaban J connectivity index is 1.56. The van der Waals surface area contributed by atoms with Gasteiger partial charge in [0, 0.05) is 35.6 Å². The molecule has 0 atom stereocenters. The third-order valence-electron chi connectivity index (χ3n) is 4.50. The molecule has 0 saturated carbocycles. The van der Waals surface area contributed by atoms with Crippen molar-refractivity contribution in [2.75, 3.05) is 24.7 Å². The molecule has 3 rings (SSSR count). The second-order valence-electron chi connectivity index (χ2n) is 6.89. The fraction of sp³-hybridized carbons (Fsp3) is 0.300. The van der Waals surface area contributed by atoms with Crippen LogP contribution < -0.4 is 5.32 Å². The maximum Gasteiger partial charge on any atom is 0.321 e. The van der Waals surface area contributed by atoms with Crippen molar-refractivity contribution in [3.8, 4) is 0 Å². The van der Waals surface area contributed by atoms with E-state index >= 15 is 0 Å². The molecule has 30 heavy (non-hydrogen) atoms. The molecule has 7 nitrogen and oxygen atoms in total. The lowest BCUT2D eigenvalue weighted by atomic mass is 10.0. The highest BCUT2D eigenvalue weighted by Gasteiger charge is 2.19. The van der Waals surface area contributed by atoms with Crippen LogP contribution in [-0.2, 0) is 20.9 Å². The van der Waals surface area contributed by atoms with Crippen LogP contribution in [0.1, 0.15) is 24.1 Å². The zero-order valence-electron chi connectivity index (χ0n) is 16.3. The van der Waals surface area contributed by atoms with Crippen LogP contribution in [0, 0.1) is 5.82 Å². The third kappa shape index (κ3) is 6.51. The summed E-state index contributed by atoms with van der Waals surface area (Å²) in [6.45, 7) is 0.797. The molecule has 2 aromatic rings. The van der Waals surface area contributed by atoms with Crippen molar-refractivity contribution in [2.24, 2.45) is 0 Å². The summed E-state index contributed by atoms with van der Waals surface area (Å²) < 4.78 is 40.9. The first-order valence-electron chi connectivity index (χ1n) is 9.19. The van der Waals surface area contributed by atoms with Gasteiger partial charge < -0.3 is 10.2 Å². The van der Waals surface area contributed by atoms with E-state index in [1.807, 2.05) is 0 Å². The van der Waals surface area contributed by atoms with Crippen LogP contribution in [0.3, 0.4) is 0 Å². The zero-order valence-corrected chi connectivity index (χ0v) is 17.8. The van der Waals surface area contributed by atoms with Crippen LogP contribution in [0.2, 0.25) is 5.02 Å². The van der Waals surface area contributed by atoms with Crippen LogP contribution in [0.5, 0.6) is 0 Å². The third-order valence-corrected chi connectivity index (χ3v) is 5.28. The summed E-state index contributed by atoms with van der Waals surface area (Å²) in [5.41, 5.74) is 2.41. The minimum atomic E-state index is -3.58. The van der Waals surface area contributed by atoms with Crippen molar-refractivity contribution in [1.82, 2.24) is 9.88 Å². The van der Waals surface area contributed by atoms with Crippen LogP contribution in [0.25, 0.3) is 6.08 Å². The molecule has 0 radical (unpaired) electrons. The highest BCUT2D eigenvalue weighted by atomic mass is 35.5. The average Bonchev–Trinajstić information content (AvgIpc) is 2.69. The van der Waals surface area contributed by atoms with Gasteiger partial charge in [0.25, 0.3) is 10.1 Å². The van der Waals surface area contributed by atoms with E-state index in [0.29, 0.717) is 47.9 Å². The van der Waals surface area contributed by atoms with E-state index in [9.17, 15) is 17.6 Å². The summed E-state index contributed by atoms with van der Waals surface area (Å²) in [5.74, 6) is -0.372. The summed E-state index contributed by atoms with van der Waals surface area (Å²) in [5, 5.41) is 3.13. The van der Waals surface area contributed by atoms with E-state index in [4.69, 9.17) is 15.8 Å². The van der Waals surface area contributed by atoms with Gasteiger partial charge in [0.1, 0.15) is 12.4 Å². The van der Waals surface area contributed by atoms with Crippen molar-refractivity contribution < 1.29 is 21.8 Å². The Kier molecular flexibility index (Phi) is 7.06. The van der Waals surface area contributed by atoms with Crippen molar-refractivity contribution in [3.63, 3.8) is 0 Å². The molecule has 160 valence electrons. The van der Waals surface area contributed by atoms with E-state index in [0.717, 1.165) is 11.8 Å². The fourth-order valence-electron chi connectivity index (χ4n) is 2.98. The number of rotatable bonds is 5. The molecule has 0 aliphatic carbocycles. The summed E-state index contributed by atoms with van der Waals surface area (Å²) in [6.07, 6.45) is 5.50. The summed E-state index contributed by atoms with van der Waals surface area (Å²) >= 11 is 5.78. The smallest absolute Gasteiger partial charge is 0.321 e. The minimum Gasteiger partial charge on any atom is -0.324 e. The van der Waals surface area contributed by atoms with Gasteiger partial charge in [0.05, 0.1) is 11.9 Å². The molecule has 0 unspecified atom stereocenters. The molecule has 2 amide bonds. The van der Waals surface area contributed by atoms with Gasteiger partial charge in [-0.1, -0.05) is 29.3 Å². The molecular formula is C20H21ClFN3O4S. The second kappa shape index (κ2) is 9.55. The van der Waals surface area contributed by atoms with Gasteiger partial charge in [0.15, 0.2) is 0 Å². The zero-order chi connectivity index (χ0) is 21.7. The van der Waals surface area contributed by atoms with Crippen LogP contribution >= 0.6 is 11.6 Å². The number of anilines is 1. The number of likely N-dealkylation sites (tertiary alicyclic amines) is 1. The molecule has 1 aromatic heterocycles. The predicted octanol–water partition coefficient (Wildman–Crippen LogP) is 4.06. The molecule has 1 aliphatic rings. The largest absolute Gasteiger partial charge is 0.324 e. The number of nitrogens with one attached hydrogen (secondary N) is 1. The number of piperidine rings is 1. The molecule has 2 heterocycles. The van der Waals surface area contributed by atoms with Gasteiger partial charge in [-0.3, -0.25) is 9.17 Å². The Morgan fingerprint density at radius 3 is 2.70 bits per heavy atom. The van der Waals surface area contributed by atoms with E-state index in [2.05, 4.69) is 10.3 Å². The van der Waals surface area contributed by atoms with Crippen LogP contribution in [0.4, 0.5) is 14.9 Å². The summed E-state index contributed by atoms with van der Waals surface area (Å²) in [4.78, 5) is 18.2. The van der Waals surface area contributed by atoms with Gasteiger partial charge in [-0.2, -0.15) is 8.42 Å². The maximum atomic E-state index is 14.0. The first-order chi connectivity index (χ1) is 14.2. The standard InChI is InChI=1S/C20H21ClFN3O4S/c1-30(27,28)29-13-18-12-17(4-7-23-18)24-20(26)25-8-5-14(6-9-25)10-15-2-3-16(21)11-19(15)22/h2-4,7,10-12H,5-6,8-9,13H2,1H3,(H,23,24,26). The molecular weight excluding hydrogens is 433 g/mol. The Morgan fingerprint density at radius 1 is 1.30 bits per heavy atom. The monoisotopic (exact) mass is 453 g/mol. The van der Waals surface area contributed by atoms with E-state index in [1.165, 1.54) is 12.3 Å². The van der Waals surface area contributed by atoms with Gasteiger partial charge >= 0.3 is 6.03 Å². The number of hydrogen-bond acceptors (Lipinski definition) is 5. The number of aromatic nitrogens is 1. The molecule has 1 N–H and O–H groups in total. The number of hydrogen-bond donors (Lipinski definition) is 1. The van der Waals surface area contributed by atoms with Gasteiger partial charge in [-0.25, -0.2) is 9.18 Å². The molecule has 10 heteroatoms. The number of halogens is 2. The van der Waals surface area contributed by atoms with Crippen molar-refractivity contribution in [3.05, 3.63) is 64.2 Å². The first kappa shape index (κ1) is 22.2. The van der Waals surface area contributed by atoms with Gasteiger partial charge in [-0.05, 0) is 37.1 Å². The van der Waals surface area contributed by atoms with Gasteiger partial charge in [0.2, 0.25) is 0 Å². The Morgan fingerprint density at radius 2 is 2.03 bits per heavy atom.